The number of aromatic nitrogens is 5. The Hall–Kier alpha value is -2.30. The fraction of sp³-hybridized carbons (Fsp3) is 0.167. The Morgan fingerprint density at radius 3 is 2.82 bits per heavy atom. The molecule has 5 nitrogen and oxygen atoms in total. The molecule has 17 heavy (non-hydrogen) atoms. The second kappa shape index (κ2) is 3.93. The molecule has 0 saturated heterocycles. The van der Waals surface area contributed by atoms with Gasteiger partial charge in [0.05, 0.1) is 0 Å². The van der Waals surface area contributed by atoms with Crippen LogP contribution < -0.4 is 0 Å². The van der Waals surface area contributed by atoms with E-state index in [1.807, 2.05) is 31.2 Å². The van der Waals surface area contributed by atoms with Gasteiger partial charge in [-0.05, 0) is 22.9 Å². The van der Waals surface area contributed by atoms with Gasteiger partial charge in [0.15, 0.2) is 5.65 Å². The average molecular weight is 225 g/mol. The van der Waals surface area contributed by atoms with E-state index in [2.05, 4.69) is 32.6 Å². The van der Waals surface area contributed by atoms with Gasteiger partial charge in [-0.3, -0.25) is 0 Å². The molecule has 0 fully saturated rings. The molecule has 0 radical (unpaired) electrons. The van der Waals surface area contributed by atoms with Crippen molar-refractivity contribution < 1.29 is 0 Å². The van der Waals surface area contributed by atoms with E-state index in [0.29, 0.717) is 0 Å². The van der Waals surface area contributed by atoms with Gasteiger partial charge in [-0.2, -0.15) is 4.52 Å². The molecule has 0 bridgehead atoms. The van der Waals surface area contributed by atoms with E-state index >= 15 is 0 Å². The molecule has 0 aliphatic rings. The minimum atomic E-state index is 0.726. The molecule has 3 rings (SSSR count). The molecule has 0 atom stereocenters. The zero-order valence-electron chi connectivity index (χ0n) is 9.41. The summed E-state index contributed by atoms with van der Waals surface area (Å²) < 4.78 is 1.68. The largest absolute Gasteiger partial charge is 0.238 e. The Bertz CT molecular complexity index is 644. The van der Waals surface area contributed by atoms with Crippen LogP contribution in [0.25, 0.3) is 5.65 Å². The summed E-state index contributed by atoms with van der Waals surface area (Å²) in [6.45, 7) is 1.95. The molecule has 0 spiro atoms. The van der Waals surface area contributed by atoms with Gasteiger partial charge in [-0.1, -0.05) is 30.3 Å². The van der Waals surface area contributed by atoms with Gasteiger partial charge >= 0.3 is 0 Å². The fourth-order valence-electron chi connectivity index (χ4n) is 1.83. The highest BCUT2D eigenvalue weighted by atomic mass is 15.5. The van der Waals surface area contributed by atoms with Crippen molar-refractivity contribution in [1.29, 1.82) is 0 Å². The van der Waals surface area contributed by atoms with Crippen molar-refractivity contribution in [3.8, 4) is 0 Å². The molecule has 2 heterocycles. The first-order chi connectivity index (χ1) is 8.33. The predicted molar refractivity (Wildman–Crippen MR) is 62.6 cm³/mol. The van der Waals surface area contributed by atoms with Crippen LogP contribution in [0.2, 0.25) is 0 Å². The topological polar surface area (TPSA) is 56.0 Å². The van der Waals surface area contributed by atoms with Crippen LogP contribution in [0.15, 0.2) is 36.4 Å². The van der Waals surface area contributed by atoms with Crippen molar-refractivity contribution in [2.45, 2.75) is 13.3 Å². The summed E-state index contributed by atoms with van der Waals surface area (Å²) in [7, 11) is 0. The molecule has 0 saturated carbocycles. The summed E-state index contributed by atoms with van der Waals surface area (Å²) in [5.74, 6) is 0.858. The van der Waals surface area contributed by atoms with Crippen LogP contribution >= 0.6 is 0 Å². The SMILES string of the molecule is Cc1cc2nnnn2c(Cc2ccccc2)n1. The second-order valence-corrected chi connectivity index (χ2v) is 3.93. The van der Waals surface area contributed by atoms with Gasteiger partial charge in [0.25, 0.3) is 0 Å². The maximum atomic E-state index is 4.49. The van der Waals surface area contributed by atoms with Crippen LogP contribution in [-0.4, -0.2) is 25.0 Å². The van der Waals surface area contributed by atoms with E-state index in [4.69, 9.17) is 0 Å². The van der Waals surface area contributed by atoms with Gasteiger partial charge in [0.1, 0.15) is 5.82 Å². The van der Waals surface area contributed by atoms with Gasteiger partial charge in [0, 0.05) is 18.2 Å². The van der Waals surface area contributed by atoms with E-state index in [1.165, 1.54) is 5.56 Å². The highest BCUT2D eigenvalue weighted by molar-refractivity contribution is 5.37. The number of fused-ring (bicyclic) bond motifs is 1. The van der Waals surface area contributed by atoms with Crippen LogP contribution in [0, 0.1) is 6.92 Å². The van der Waals surface area contributed by atoms with Crippen molar-refractivity contribution in [3.63, 3.8) is 0 Å². The van der Waals surface area contributed by atoms with E-state index in [9.17, 15) is 0 Å². The Morgan fingerprint density at radius 1 is 1.18 bits per heavy atom. The van der Waals surface area contributed by atoms with E-state index < -0.39 is 0 Å². The third kappa shape index (κ3) is 1.87. The number of hydrogen-bond donors (Lipinski definition) is 0. The molecule has 2 aromatic heterocycles. The first-order valence-electron chi connectivity index (χ1n) is 5.41. The Kier molecular flexibility index (Phi) is 2.29. The minimum absolute atomic E-state index is 0.726. The quantitative estimate of drug-likeness (QED) is 0.661. The van der Waals surface area contributed by atoms with Crippen LogP contribution in [0.3, 0.4) is 0 Å². The van der Waals surface area contributed by atoms with Crippen LogP contribution in [-0.2, 0) is 6.42 Å². The standard InChI is InChI=1S/C12H11N5/c1-9-7-12-14-15-16-17(12)11(13-9)8-10-5-3-2-4-6-10/h2-7H,8H2,1H3. The summed E-state index contributed by atoms with van der Waals surface area (Å²) in [5.41, 5.74) is 2.86. The molecule has 1 aromatic carbocycles. The zero-order chi connectivity index (χ0) is 11.7. The smallest absolute Gasteiger partial charge is 0.183 e. The molecule has 0 amide bonds. The van der Waals surface area contributed by atoms with Crippen molar-refractivity contribution in [2.75, 3.05) is 0 Å². The lowest BCUT2D eigenvalue weighted by atomic mass is 10.1. The number of aryl methyl sites for hydroxylation is 1. The van der Waals surface area contributed by atoms with Crippen molar-refractivity contribution in [2.24, 2.45) is 0 Å². The number of nitrogens with zero attached hydrogens (tertiary/aromatic N) is 5. The lowest BCUT2D eigenvalue weighted by Crippen LogP contribution is -2.05. The van der Waals surface area contributed by atoms with Crippen molar-refractivity contribution >= 4 is 5.65 Å². The molecule has 5 heteroatoms. The maximum absolute atomic E-state index is 4.49. The third-order valence-corrected chi connectivity index (χ3v) is 2.59. The van der Waals surface area contributed by atoms with Gasteiger partial charge in [0.2, 0.25) is 0 Å². The monoisotopic (exact) mass is 225 g/mol. The van der Waals surface area contributed by atoms with Crippen LogP contribution in [0.1, 0.15) is 17.1 Å². The second-order valence-electron chi connectivity index (χ2n) is 3.93. The zero-order valence-corrected chi connectivity index (χ0v) is 9.41. The summed E-state index contributed by atoms with van der Waals surface area (Å²) in [6.07, 6.45) is 0.726. The highest BCUT2D eigenvalue weighted by Crippen LogP contribution is 2.09. The predicted octanol–water partition coefficient (Wildman–Crippen LogP) is 1.42. The molecular weight excluding hydrogens is 214 g/mol. The van der Waals surface area contributed by atoms with E-state index in [0.717, 1.165) is 23.6 Å². The molecule has 3 aromatic rings. The molecule has 0 unspecified atom stereocenters. The number of hydrogen-bond acceptors (Lipinski definition) is 4. The number of rotatable bonds is 2. The van der Waals surface area contributed by atoms with Gasteiger partial charge in [-0.25, -0.2) is 4.98 Å². The van der Waals surface area contributed by atoms with E-state index in [-0.39, 0.29) is 0 Å². The molecule has 84 valence electrons. The molecule has 0 aliphatic carbocycles. The maximum Gasteiger partial charge on any atom is 0.183 e. The summed E-state index contributed by atoms with van der Waals surface area (Å²) in [4.78, 5) is 4.49. The molecule has 0 aliphatic heterocycles. The van der Waals surface area contributed by atoms with Crippen LogP contribution in [0.4, 0.5) is 0 Å². The van der Waals surface area contributed by atoms with Gasteiger partial charge < -0.3 is 0 Å². The van der Waals surface area contributed by atoms with Crippen molar-refractivity contribution in [1.82, 2.24) is 25.0 Å². The van der Waals surface area contributed by atoms with Crippen molar-refractivity contribution in [3.05, 3.63) is 53.5 Å². The normalized spacial score (nSPS) is 10.9. The lowest BCUT2D eigenvalue weighted by molar-refractivity contribution is 0.757. The molecule has 0 N–H and O–H groups in total. The van der Waals surface area contributed by atoms with E-state index in [1.54, 1.807) is 4.52 Å². The Balaban J connectivity index is 2.08. The third-order valence-electron chi connectivity index (χ3n) is 2.59. The summed E-state index contributed by atoms with van der Waals surface area (Å²) >= 11 is 0. The average Bonchev–Trinajstić information content (AvgIpc) is 2.78. The summed E-state index contributed by atoms with van der Waals surface area (Å²) in [5, 5.41) is 11.6. The van der Waals surface area contributed by atoms with Gasteiger partial charge in [-0.15, -0.1) is 5.10 Å². The Labute approximate surface area is 98.1 Å². The first kappa shape index (κ1) is 9.89. The summed E-state index contributed by atoms with van der Waals surface area (Å²) in [6, 6.07) is 12.0. The molecular formula is C12H11N5. The Morgan fingerprint density at radius 2 is 2.00 bits per heavy atom. The highest BCUT2D eigenvalue weighted by Gasteiger charge is 2.07. The minimum Gasteiger partial charge on any atom is -0.238 e. The lowest BCUT2D eigenvalue weighted by Gasteiger charge is -2.03. The number of benzene rings is 1. The first-order valence-corrected chi connectivity index (χ1v) is 5.41. The van der Waals surface area contributed by atoms with Crippen LogP contribution in [0.5, 0.6) is 0 Å². The fourth-order valence-corrected chi connectivity index (χ4v) is 1.83. The number of tetrazole rings is 1.